The topological polar surface area (TPSA) is 20.3 Å². The second kappa shape index (κ2) is 2.56. The molecule has 68 valence electrons. The van der Waals surface area contributed by atoms with E-state index in [1.54, 1.807) is 0 Å². The van der Waals surface area contributed by atoms with Gasteiger partial charge in [0.25, 0.3) is 0 Å². The van der Waals surface area contributed by atoms with Gasteiger partial charge in [0.05, 0.1) is 0 Å². The minimum absolute atomic E-state index is 0.353. The molecule has 2 rings (SSSR count). The third kappa shape index (κ3) is 1.01. The normalized spacial score (nSPS) is 35.2. The number of rotatable bonds is 0. The zero-order valence-electron chi connectivity index (χ0n) is 7.97. The van der Waals surface area contributed by atoms with Crippen molar-refractivity contribution in [1.82, 2.24) is 4.90 Å². The second-order valence-corrected chi connectivity index (χ2v) is 4.53. The fraction of sp³-hybridized carbons (Fsp3) is 0.900. The molecule has 0 amide bonds. The summed E-state index contributed by atoms with van der Waals surface area (Å²) in [5, 5.41) is 0. The number of piperidine rings is 1. The van der Waals surface area contributed by atoms with Crippen LogP contribution in [0.4, 0.5) is 0 Å². The highest BCUT2D eigenvalue weighted by Crippen LogP contribution is 2.50. The second-order valence-electron chi connectivity index (χ2n) is 4.53. The molecule has 12 heavy (non-hydrogen) atoms. The van der Waals surface area contributed by atoms with Crippen LogP contribution in [0.15, 0.2) is 0 Å². The molecule has 1 unspecified atom stereocenters. The molecule has 1 heterocycles. The third-order valence-electron chi connectivity index (χ3n) is 3.91. The van der Waals surface area contributed by atoms with Crippen molar-refractivity contribution in [3.63, 3.8) is 0 Å². The van der Waals surface area contributed by atoms with E-state index in [1.165, 1.54) is 25.9 Å². The van der Waals surface area contributed by atoms with Crippen LogP contribution in [0.5, 0.6) is 0 Å². The van der Waals surface area contributed by atoms with Crippen LogP contribution < -0.4 is 0 Å². The first-order valence-corrected chi connectivity index (χ1v) is 4.85. The molecule has 0 aromatic rings. The number of hydrogen-bond acceptors (Lipinski definition) is 2. The highest BCUT2D eigenvalue weighted by Gasteiger charge is 2.51. The summed E-state index contributed by atoms with van der Waals surface area (Å²) in [6.45, 7) is 4.46. The molecule has 0 aromatic heterocycles. The Hall–Kier alpha value is -0.370. The van der Waals surface area contributed by atoms with Gasteiger partial charge in [-0.05, 0) is 38.4 Å². The van der Waals surface area contributed by atoms with Crippen molar-refractivity contribution in [2.24, 2.45) is 11.3 Å². The van der Waals surface area contributed by atoms with E-state index in [2.05, 4.69) is 18.9 Å². The van der Waals surface area contributed by atoms with Crippen LogP contribution in [-0.4, -0.2) is 30.8 Å². The fourth-order valence-corrected chi connectivity index (χ4v) is 2.54. The first-order chi connectivity index (χ1) is 5.64. The van der Waals surface area contributed by atoms with Crippen molar-refractivity contribution < 1.29 is 4.79 Å². The highest BCUT2D eigenvalue weighted by molar-refractivity contribution is 5.88. The molecule has 1 aliphatic carbocycles. The Kier molecular flexibility index (Phi) is 1.76. The van der Waals surface area contributed by atoms with E-state index < -0.39 is 0 Å². The lowest BCUT2D eigenvalue weighted by atomic mass is 9.55. The van der Waals surface area contributed by atoms with Gasteiger partial charge in [0.2, 0.25) is 0 Å². The van der Waals surface area contributed by atoms with Gasteiger partial charge in [0, 0.05) is 12.3 Å². The van der Waals surface area contributed by atoms with E-state index in [0.29, 0.717) is 17.1 Å². The summed E-state index contributed by atoms with van der Waals surface area (Å²) in [7, 11) is 2.16. The number of hydrogen-bond donors (Lipinski definition) is 0. The van der Waals surface area contributed by atoms with Gasteiger partial charge in [-0.3, -0.25) is 4.79 Å². The maximum atomic E-state index is 11.2. The molecular formula is C10H17NO. The van der Waals surface area contributed by atoms with Crippen LogP contribution in [-0.2, 0) is 4.79 Å². The Labute approximate surface area is 73.9 Å². The van der Waals surface area contributed by atoms with Crippen molar-refractivity contribution in [1.29, 1.82) is 0 Å². The Bertz CT molecular complexity index is 204. The summed E-state index contributed by atoms with van der Waals surface area (Å²) in [5.74, 6) is 0.839. The minimum Gasteiger partial charge on any atom is -0.306 e. The summed E-state index contributed by atoms with van der Waals surface area (Å²) in [6.07, 6.45) is 3.33. The molecule has 1 saturated heterocycles. The number of carbonyl (C=O) groups excluding carboxylic acids is 1. The molecule has 0 aromatic carbocycles. The van der Waals surface area contributed by atoms with Gasteiger partial charge in [0.1, 0.15) is 5.78 Å². The summed E-state index contributed by atoms with van der Waals surface area (Å²) < 4.78 is 0. The van der Waals surface area contributed by atoms with Gasteiger partial charge in [-0.1, -0.05) is 6.92 Å². The van der Waals surface area contributed by atoms with Crippen molar-refractivity contribution in [3.8, 4) is 0 Å². The summed E-state index contributed by atoms with van der Waals surface area (Å²) in [6, 6.07) is 0. The van der Waals surface area contributed by atoms with Gasteiger partial charge < -0.3 is 4.90 Å². The van der Waals surface area contributed by atoms with E-state index in [-0.39, 0.29) is 0 Å². The van der Waals surface area contributed by atoms with Crippen LogP contribution in [0.1, 0.15) is 26.2 Å². The van der Waals surface area contributed by atoms with Gasteiger partial charge in [-0.15, -0.1) is 0 Å². The molecule has 0 N–H and O–H groups in total. The predicted octanol–water partition coefficient (Wildman–Crippen LogP) is 1.31. The molecule has 1 aliphatic heterocycles. The van der Waals surface area contributed by atoms with Gasteiger partial charge >= 0.3 is 0 Å². The maximum absolute atomic E-state index is 11.2. The zero-order chi connectivity index (χ0) is 8.77. The number of nitrogens with zero attached hydrogens (tertiary/aromatic N) is 1. The number of ketones is 1. The van der Waals surface area contributed by atoms with E-state index in [9.17, 15) is 4.79 Å². The van der Waals surface area contributed by atoms with Crippen LogP contribution in [0.2, 0.25) is 0 Å². The zero-order valence-corrected chi connectivity index (χ0v) is 7.97. The highest BCUT2D eigenvalue weighted by atomic mass is 16.1. The average Bonchev–Trinajstić information content (AvgIpc) is 2.09. The van der Waals surface area contributed by atoms with Crippen molar-refractivity contribution in [3.05, 3.63) is 0 Å². The predicted molar refractivity (Wildman–Crippen MR) is 48.0 cm³/mol. The van der Waals surface area contributed by atoms with Gasteiger partial charge in [-0.2, -0.15) is 0 Å². The van der Waals surface area contributed by atoms with E-state index >= 15 is 0 Å². The molecule has 2 fully saturated rings. The lowest BCUT2D eigenvalue weighted by Gasteiger charge is -2.51. The molecule has 0 radical (unpaired) electrons. The molecule has 1 spiro atoms. The van der Waals surface area contributed by atoms with Crippen LogP contribution in [0, 0.1) is 11.3 Å². The Morgan fingerprint density at radius 3 is 2.42 bits per heavy atom. The first kappa shape index (κ1) is 8.24. The summed E-state index contributed by atoms with van der Waals surface area (Å²) >= 11 is 0. The molecular weight excluding hydrogens is 150 g/mol. The molecule has 1 saturated carbocycles. The standard InChI is InChI=1S/C10H17NO/c1-8-9(12)7-10(8)3-5-11(2)6-4-10/h8H,3-7H2,1-2H3. The average molecular weight is 167 g/mol. The van der Waals surface area contributed by atoms with Gasteiger partial charge in [-0.25, -0.2) is 0 Å². The minimum atomic E-state index is 0.353. The van der Waals surface area contributed by atoms with E-state index in [1.807, 2.05) is 0 Å². The van der Waals surface area contributed by atoms with E-state index in [0.717, 1.165) is 6.42 Å². The molecule has 2 heteroatoms. The smallest absolute Gasteiger partial charge is 0.136 e. The van der Waals surface area contributed by atoms with Crippen LogP contribution >= 0.6 is 0 Å². The molecule has 1 atom stereocenters. The number of Topliss-reactive ketones (excluding diaryl/α,β-unsaturated/α-hetero) is 1. The Balaban J connectivity index is 2.01. The van der Waals surface area contributed by atoms with Crippen molar-refractivity contribution in [2.45, 2.75) is 26.2 Å². The quantitative estimate of drug-likeness (QED) is 0.542. The van der Waals surface area contributed by atoms with Crippen molar-refractivity contribution in [2.75, 3.05) is 20.1 Å². The third-order valence-corrected chi connectivity index (χ3v) is 3.91. The molecule has 0 bridgehead atoms. The SMILES string of the molecule is CC1C(=O)CC12CCN(C)CC2. The lowest BCUT2D eigenvalue weighted by molar-refractivity contribution is -0.145. The largest absolute Gasteiger partial charge is 0.306 e. The Morgan fingerprint density at radius 2 is 2.00 bits per heavy atom. The van der Waals surface area contributed by atoms with Crippen LogP contribution in [0.25, 0.3) is 0 Å². The monoisotopic (exact) mass is 167 g/mol. The summed E-state index contributed by atoms with van der Waals surface area (Å²) in [4.78, 5) is 13.5. The van der Waals surface area contributed by atoms with E-state index in [4.69, 9.17) is 0 Å². The van der Waals surface area contributed by atoms with Crippen molar-refractivity contribution >= 4 is 5.78 Å². The number of likely N-dealkylation sites (tertiary alicyclic amines) is 1. The maximum Gasteiger partial charge on any atom is 0.136 e. The summed E-state index contributed by atoms with van der Waals surface area (Å²) in [5.41, 5.74) is 0.420. The number of carbonyl (C=O) groups is 1. The van der Waals surface area contributed by atoms with Gasteiger partial charge in [0.15, 0.2) is 0 Å². The lowest BCUT2D eigenvalue weighted by Crippen LogP contribution is -2.52. The molecule has 2 nitrogen and oxygen atoms in total. The fourth-order valence-electron chi connectivity index (χ4n) is 2.54. The van der Waals surface area contributed by atoms with Crippen LogP contribution in [0.3, 0.4) is 0 Å². The Morgan fingerprint density at radius 1 is 1.42 bits per heavy atom. The first-order valence-electron chi connectivity index (χ1n) is 4.85. The molecule has 2 aliphatic rings.